The summed E-state index contributed by atoms with van der Waals surface area (Å²) in [5.41, 5.74) is 0. The Bertz CT molecular complexity index is 602. The molecular formula is C13H16ClNO4S. The van der Waals surface area contributed by atoms with Crippen LogP contribution < -0.4 is 4.74 Å². The second-order valence-electron chi connectivity index (χ2n) is 4.61. The van der Waals surface area contributed by atoms with E-state index >= 15 is 0 Å². The Morgan fingerprint density at radius 2 is 2.15 bits per heavy atom. The maximum Gasteiger partial charge on any atom is 0.243 e. The Morgan fingerprint density at radius 1 is 1.40 bits per heavy atom. The molecular weight excluding hydrogens is 302 g/mol. The number of benzene rings is 1. The van der Waals surface area contributed by atoms with E-state index in [1.54, 1.807) is 0 Å². The van der Waals surface area contributed by atoms with E-state index < -0.39 is 16.1 Å². The molecule has 0 aliphatic carbocycles. The summed E-state index contributed by atoms with van der Waals surface area (Å²) in [6, 6.07) is 3.72. The minimum Gasteiger partial charge on any atom is -0.495 e. The fourth-order valence-corrected chi connectivity index (χ4v) is 4.29. The second-order valence-corrected chi connectivity index (χ2v) is 6.91. The van der Waals surface area contributed by atoms with Gasteiger partial charge in [0.2, 0.25) is 10.0 Å². The molecule has 1 saturated heterocycles. The number of piperidine rings is 1. The summed E-state index contributed by atoms with van der Waals surface area (Å²) in [6.45, 7) is 0.357. The molecule has 0 bridgehead atoms. The molecule has 0 N–H and O–H groups in total. The molecule has 0 amide bonds. The number of methoxy groups -OCH3 is 1. The zero-order valence-electron chi connectivity index (χ0n) is 11.1. The van der Waals surface area contributed by atoms with Crippen LogP contribution in [0.3, 0.4) is 0 Å². The monoisotopic (exact) mass is 317 g/mol. The van der Waals surface area contributed by atoms with Crippen LogP contribution in [0.4, 0.5) is 0 Å². The molecule has 5 nitrogen and oxygen atoms in total. The third-order valence-corrected chi connectivity index (χ3v) is 5.60. The van der Waals surface area contributed by atoms with E-state index in [1.807, 2.05) is 0 Å². The highest BCUT2D eigenvalue weighted by molar-refractivity contribution is 7.89. The highest BCUT2D eigenvalue weighted by Crippen LogP contribution is 2.30. The third-order valence-electron chi connectivity index (χ3n) is 3.39. The van der Waals surface area contributed by atoms with E-state index in [0.29, 0.717) is 25.0 Å². The van der Waals surface area contributed by atoms with Gasteiger partial charge in [0.05, 0.1) is 23.1 Å². The first-order valence-electron chi connectivity index (χ1n) is 6.31. The Kier molecular flexibility index (Phi) is 4.67. The standard InChI is InChI=1S/C13H16ClNO4S/c1-19-13-6-5-11(8-12(13)14)20(17,18)15-7-3-2-4-10(15)9-16/h5-6,8-10H,2-4,7H2,1H3. The predicted molar refractivity (Wildman–Crippen MR) is 75.6 cm³/mol. The van der Waals surface area contributed by atoms with Crippen LogP contribution in [0.25, 0.3) is 0 Å². The Labute approximate surface area is 123 Å². The Hall–Kier alpha value is -1.11. The maximum atomic E-state index is 12.6. The van der Waals surface area contributed by atoms with Gasteiger partial charge in [0.1, 0.15) is 12.0 Å². The summed E-state index contributed by atoms with van der Waals surface area (Å²) in [5.74, 6) is 0.413. The van der Waals surface area contributed by atoms with Crippen molar-refractivity contribution in [2.24, 2.45) is 0 Å². The summed E-state index contributed by atoms with van der Waals surface area (Å²) < 4.78 is 31.4. The molecule has 1 aromatic carbocycles. The second kappa shape index (κ2) is 6.11. The van der Waals surface area contributed by atoms with Crippen LogP contribution in [-0.2, 0) is 14.8 Å². The van der Waals surface area contributed by atoms with Crippen LogP contribution in [0, 0.1) is 0 Å². The van der Waals surface area contributed by atoms with Crippen molar-refractivity contribution in [3.8, 4) is 5.75 Å². The molecule has 1 aromatic rings. The number of hydrogen-bond acceptors (Lipinski definition) is 4. The molecule has 7 heteroatoms. The van der Waals surface area contributed by atoms with E-state index in [-0.39, 0.29) is 9.92 Å². The molecule has 110 valence electrons. The summed E-state index contributed by atoms with van der Waals surface area (Å²) in [4.78, 5) is 11.1. The van der Waals surface area contributed by atoms with Crippen LogP contribution in [0.5, 0.6) is 5.75 Å². The first-order valence-corrected chi connectivity index (χ1v) is 8.13. The zero-order chi connectivity index (χ0) is 14.8. The fraction of sp³-hybridized carbons (Fsp3) is 0.462. The summed E-state index contributed by atoms with van der Waals surface area (Å²) in [6.07, 6.45) is 2.88. The Balaban J connectivity index is 2.38. The first-order chi connectivity index (χ1) is 9.50. The lowest BCUT2D eigenvalue weighted by Crippen LogP contribution is -2.44. The maximum absolute atomic E-state index is 12.6. The van der Waals surface area contributed by atoms with Crippen molar-refractivity contribution in [1.29, 1.82) is 0 Å². The quantitative estimate of drug-likeness (QED) is 0.798. The van der Waals surface area contributed by atoms with Crippen molar-refractivity contribution in [2.75, 3.05) is 13.7 Å². The van der Waals surface area contributed by atoms with Gasteiger partial charge in [0.15, 0.2) is 0 Å². The van der Waals surface area contributed by atoms with Gasteiger partial charge in [0.25, 0.3) is 0 Å². The number of carbonyl (C=O) groups excluding carboxylic acids is 1. The number of rotatable bonds is 4. The van der Waals surface area contributed by atoms with Crippen molar-refractivity contribution in [3.63, 3.8) is 0 Å². The first kappa shape index (κ1) is 15.3. The molecule has 0 aromatic heterocycles. The summed E-state index contributed by atoms with van der Waals surface area (Å²) in [5, 5.41) is 0.230. The van der Waals surface area contributed by atoms with Crippen molar-refractivity contribution in [3.05, 3.63) is 23.2 Å². The van der Waals surface area contributed by atoms with E-state index in [4.69, 9.17) is 16.3 Å². The zero-order valence-corrected chi connectivity index (χ0v) is 12.7. The lowest BCUT2D eigenvalue weighted by atomic mass is 10.1. The van der Waals surface area contributed by atoms with Gasteiger partial charge in [-0.15, -0.1) is 0 Å². The molecule has 1 aliphatic heterocycles. The number of nitrogens with zero attached hydrogens (tertiary/aromatic N) is 1. The number of aldehydes is 1. The van der Waals surface area contributed by atoms with Gasteiger partial charge in [-0.05, 0) is 31.0 Å². The molecule has 1 atom stereocenters. The molecule has 20 heavy (non-hydrogen) atoms. The van der Waals surface area contributed by atoms with Crippen LogP contribution in [0.1, 0.15) is 19.3 Å². The predicted octanol–water partition coefficient (Wildman–Crippen LogP) is 2.09. The molecule has 1 fully saturated rings. The lowest BCUT2D eigenvalue weighted by molar-refractivity contribution is -0.111. The molecule has 0 radical (unpaired) electrons. The van der Waals surface area contributed by atoms with Crippen LogP contribution in [0.2, 0.25) is 5.02 Å². The minimum atomic E-state index is -3.71. The van der Waals surface area contributed by atoms with Gasteiger partial charge in [-0.2, -0.15) is 4.31 Å². The van der Waals surface area contributed by atoms with Gasteiger partial charge in [-0.3, -0.25) is 0 Å². The van der Waals surface area contributed by atoms with Gasteiger partial charge in [0, 0.05) is 6.54 Å². The largest absolute Gasteiger partial charge is 0.495 e. The number of carbonyl (C=O) groups is 1. The van der Waals surface area contributed by atoms with Gasteiger partial charge >= 0.3 is 0 Å². The summed E-state index contributed by atoms with van der Waals surface area (Å²) in [7, 11) is -2.25. The normalized spacial score (nSPS) is 20.6. The van der Waals surface area contributed by atoms with E-state index in [9.17, 15) is 13.2 Å². The highest BCUT2D eigenvalue weighted by Gasteiger charge is 2.33. The molecule has 0 saturated carbocycles. The molecule has 1 heterocycles. The average Bonchev–Trinajstić information content (AvgIpc) is 2.47. The van der Waals surface area contributed by atoms with Gasteiger partial charge in [-0.1, -0.05) is 18.0 Å². The van der Waals surface area contributed by atoms with Crippen molar-refractivity contribution in [2.45, 2.75) is 30.2 Å². The SMILES string of the molecule is COc1ccc(S(=O)(=O)N2CCCCC2C=O)cc1Cl. The van der Waals surface area contributed by atoms with Crippen molar-refractivity contribution in [1.82, 2.24) is 4.31 Å². The van der Waals surface area contributed by atoms with Crippen LogP contribution in [0.15, 0.2) is 23.1 Å². The number of ether oxygens (including phenoxy) is 1. The molecule has 2 rings (SSSR count). The van der Waals surface area contributed by atoms with Gasteiger partial charge < -0.3 is 9.53 Å². The van der Waals surface area contributed by atoms with Gasteiger partial charge in [-0.25, -0.2) is 8.42 Å². The lowest BCUT2D eigenvalue weighted by Gasteiger charge is -2.31. The number of hydrogen-bond donors (Lipinski definition) is 0. The van der Waals surface area contributed by atoms with E-state index in [1.165, 1.54) is 29.6 Å². The molecule has 1 aliphatic rings. The van der Waals surface area contributed by atoms with Crippen LogP contribution in [-0.4, -0.2) is 38.7 Å². The minimum absolute atomic E-state index is 0.0806. The van der Waals surface area contributed by atoms with Crippen LogP contribution >= 0.6 is 11.6 Å². The van der Waals surface area contributed by atoms with E-state index in [0.717, 1.165) is 12.8 Å². The number of halogens is 1. The fourth-order valence-electron chi connectivity index (χ4n) is 2.31. The van der Waals surface area contributed by atoms with Crippen molar-refractivity contribution >= 4 is 27.9 Å². The smallest absolute Gasteiger partial charge is 0.243 e. The number of sulfonamides is 1. The van der Waals surface area contributed by atoms with E-state index in [2.05, 4.69) is 0 Å². The highest BCUT2D eigenvalue weighted by atomic mass is 35.5. The topological polar surface area (TPSA) is 63.7 Å². The summed E-state index contributed by atoms with van der Waals surface area (Å²) >= 11 is 5.97. The van der Waals surface area contributed by atoms with Crippen molar-refractivity contribution < 1.29 is 17.9 Å². The molecule has 1 unspecified atom stereocenters. The third kappa shape index (κ3) is 2.82. The Morgan fingerprint density at radius 3 is 2.75 bits per heavy atom. The molecule has 0 spiro atoms. The average molecular weight is 318 g/mol.